The molecule has 2 heteroatoms. The second kappa shape index (κ2) is 6.90. The van der Waals surface area contributed by atoms with Crippen LogP contribution in [-0.2, 0) is 6.42 Å². The van der Waals surface area contributed by atoms with Crippen LogP contribution in [0.4, 0.5) is 0 Å². The lowest BCUT2D eigenvalue weighted by Gasteiger charge is -2.12. The highest BCUT2D eigenvalue weighted by molar-refractivity contribution is 5.80. The van der Waals surface area contributed by atoms with E-state index in [4.69, 9.17) is 4.74 Å². The van der Waals surface area contributed by atoms with Crippen LogP contribution in [0, 0.1) is 13.8 Å². The summed E-state index contributed by atoms with van der Waals surface area (Å²) in [6, 6.07) is 14.3. The fourth-order valence-electron chi connectivity index (χ4n) is 2.37. The summed E-state index contributed by atoms with van der Waals surface area (Å²) in [7, 11) is 0. The number of aryl methyl sites for hydroxylation is 3. The van der Waals surface area contributed by atoms with Gasteiger partial charge in [-0.3, -0.25) is 4.79 Å². The molecule has 20 heavy (non-hydrogen) atoms. The molecular formula is C18H20O2. The van der Waals surface area contributed by atoms with Gasteiger partial charge in [-0.25, -0.2) is 0 Å². The van der Waals surface area contributed by atoms with Gasteiger partial charge in [-0.05, 0) is 49.4 Å². The first-order valence-electron chi connectivity index (χ1n) is 6.94. The van der Waals surface area contributed by atoms with E-state index in [1.165, 1.54) is 5.56 Å². The van der Waals surface area contributed by atoms with Crippen molar-refractivity contribution < 1.29 is 9.53 Å². The van der Waals surface area contributed by atoms with Crippen molar-refractivity contribution >= 4 is 6.29 Å². The van der Waals surface area contributed by atoms with Gasteiger partial charge in [0.1, 0.15) is 5.75 Å². The van der Waals surface area contributed by atoms with Crippen LogP contribution in [0.25, 0.3) is 0 Å². The second-order valence-electron chi connectivity index (χ2n) is 5.06. The topological polar surface area (TPSA) is 26.3 Å². The number of aldehydes is 1. The minimum absolute atomic E-state index is 0.625. The van der Waals surface area contributed by atoms with E-state index in [-0.39, 0.29) is 0 Å². The molecule has 104 valence electrons. The smallest absolute Gasteiger partial charge is 0.153 e. The SMILES string of the molecule is Cc1cc(C)c(OCCCc2ccccc2)c(C=O)c1. The highest BCUT2D eigenvalue weighted by Gasteiger charge is 2.07. The van der Waals surface area contributed by atoms with Crippen LogP contribution in [0.5, 0.6) is 5.75 Å². The first kappa shape index (κ1) is 14.3. The summed E-state index contributed by atoms with van der Waals surface area (Å²) in [5, 5.41) is 0. The van der Waals surface area contributed by atoms with Crippen LogP contribution in [0.3, 0.4) is 0 Å². The molecule has 2 nitrogen and oxygen atoms in total. The van der Waals surface area contributed by atoms with E-state index < -0.39 is 0 Å². The molecule has 0 spiro atoms. The third-order valence-electron chi connectivity index (χ3n) is 3.27. The lowest BCUT2D eigenvalue weighted by atomic mass is 10.1. The van der Waals surface area contributed by atoms with Gasteiger partial charge in [0, 0.05) is 0 Å². The van der Waals surface area contributed by atoms with E-state index in [0.29, 0.717) is 12.2 Å². The summed E-state index contributed by atoms with van der Waals surface area (Å²) in [5.41, 5.74) is 4.06. The number of hydrogen-bond donors (Lipinski definition) is 0. The Morgan fingerprint density at radius 2 is 1.85 bits per heavy atom. The Labute approximate surface area is 120 Å². The molecule has 0 aliphatic rings. The Hall–Kier alpha value is -2.09. The van der Waals surface area contributed by atoms with Gasteiger partial charge in [-0.2, -0.15) is 0 Å². The van der Waals surface area contributed by atoms with Gasteiger partial charge in [-0.15, -0.1) is 0 Å². The number of carbonyl (C=O) groups is 1. The van der Waals surface area contributed by atoms with Crippen molar-refractivity contribution in [2.75, 3.05) is 6.61 Å². The van der Waals surface area contributed by atoms with Gasteiger partial charge >= 0.3 is 0 Å². The average molecular weight is 268 g/mol. The number of rotatable bonds is 6. The molecular weight excluding hydrogens is 248 g/mol. The molecule has 2 aromatic carbocycles. The molecule has 0 fully saturated rings. The summed E-state index contributed by atoms with van der Waals surface area (Å²) in [6.07, 6.45) is 2.80. The van der Waals surface area contributed by atoms with Crippen LogP contribution in [0.1, 0.15) is 33.5 Å². The Kier molecular flexibility index (Phi) is 4.94. The summed E-state index contributed by atoms with van der Waals surface area (Å²) < 4.78 is 5.80. The zero-order valence-electron chi connectivity index (χ0n) is 12.1. The largest absolute Gasteiger partial charge is 0.493 e. The zero-order valence-corrected chi connectivity index (χ0v) is 12.1. The monoisotopic (exact) mass is 268 g/mol. The number of benzene rings is 2. The van der Waals surface area contributed by atoms with Crippen LogP contribution in [-0.4, -0.2) is 12.9 Å². The van der Waals surface area contributed by atoms with E-state index >= 15 is 0 Å². The van der Waals surface area contributed by atoms with Gasteiger partial charge in [0.25, 0.3) is 0 Å². The van der Waals surface area contributed by atoms with Gasteiger partial charge in [0.15, 0.2) is 6.29 Å². The van der Waals surface area contributed by atoms with Crippen molar-refractivity contribution in [2.45, 2.75) is 26.7 Å². The lowest BCUT2D eigenvalue weighted by molar-refractivity contribution is 0.111. The van der Waals surface area contributed by atoms with E-state index in [9.17, 15) is 4.79 Å². The van der Waals surface area contributed by atoms with Gasteiger partial charge in [0.05, 0.1) is 12.2 Å². The number of carbonyl (C=O) groups excluding carboxylic acids is 1. The third-order valence-corrected chi connectivity index (χ3v) is 3.27. The maximum atomic E-state index is 11.1. The molecule has 0 bridgehead atoms. The molecule has 0 aromatic heterocycles. The predicted molar refractivity (Wildman–Crippen MR) is 81.6 cm³/mol. The molecule has 0 aliphatic carbocycles. The fraction of sp³-hybridized carbons (Fsp3) is 0.278. The van der Waals surface area contributed by atoms with Crippen LogP contribution >= 0.6 is 0 Å². The maximum absolute atomic E-state index is 11.1. The molecule has 0 saturated heterocycles. The second-order valence-corrected chi connectivity index (χ2v) is 5.06. The first-order valence-corrected chi connectivity index (χ1v) is 6.94. The Bertz CT molecular complexity index is 573. The minimum atomic E-state index is 0.625. The quantitative estimate of drug-likeness (QED) is 0.581. The van der Waals surface area contributed by atoms with Crippen molar-refractivity contribution in [1.29, 1.82) is 0 Å². The summed E-state index contributed by atoms with van der Waals surface area (Å²) >= 11 is 0. The fourth-order valence-corrected chi connectivity index (χ4v) is 2.37. The Morgan fingerprint density at radius 1 is 1.10 bits per heavy atom. The number of hydrogen-bond acceptors (Lipinski definition) is 2. The van der Waals surface area contributed by atoms with Crippen molar-refractivity contribution in [3.05, 3.63) is 64.7 Å². The summed E-state index contributed by atoms with van der Waals surface area (Å²) in [4.78, 5) is 11.1. The van der Waals surface area contributed by atoms with Gasteiger partial charge in [-0.1, -0.05) is 36.4 Å². The molecule has 0 N–H and O–H groups in total. The Morgan fingerprint density at radius 3 is 2.55 bits per heavy atom. The Balaban J connectivity index is 1.93. The molecule has 2 aromatic rings. The first-order chi connectivity index (χ1) is 9.70. The van der Waals surface area contributed by atoms with Gasteiger partial charge in [0.2, 0.25) is 0 Å². The molecule has 0 atom stereocenters. The van der Waals surface area contributed by atoms with Crippen LogP contribution in [0.15, 0.2) is 42.5 Å². The molecule has 0 aliphatic heterocycles. The van der Waals surface area contributed by atoms with Crippen LogP contribution < -0.4 is 4.74 Å². The van der Waals surface area contributed by atoms with E-state index in [2.05, 4.69) is 12.1 Å². The highest BCUT2D eigenvalue weighted by atomic mass is 16.5. The van der Waals surface area contributed by atoms with Crippen molar-refractivity contribution in [1.82, 2.24) is 0 Å². The van der Waals surface area contributed by atoms with E-state index in [1.807, 2.05) is 44.2 Å². The maximum Gasteiger partial charge on any atom is 0.153 e. The molecule has 0 unspecified atom stereocenters. The normalized spacial score (nSPS) is 10.3. The predicted octanol–water partition coefficient (Wildman–Crippen LogP) is 4.13. The molecule has 0 amide bonds. The molecule has 2 rings (SSSR count). The van der Waals surface area contributed by atoms with Gasteiger partial charge < -0.3 is 4.74 Å². The lowest BCUT2D eigenvalue weighted by Crippen LogP contribution is -2.03. The van der Waals surface area contributed by atoms with E-state index in [0.717, 1.165) is 36.0 Å². The van der Waals surface area contributed by atoms with Crippen LogP contribution in [0.2, 0.25) is 0 Å². The zero-order chi connectivity index (χ0) is 14.4. The standard InChI is InChI=1S/C18H20O2/c1-14-11-15(2)18(17(12-14)13-19)20-10-6-9-16-7-4-3-5-8-16/h3-5,7-8,11-13H,6,9-10H2,1-2H3. The summed E-state index contributed by atoms with van der Waals surface area (Å²) in [5.74, 6) is 0.721. The minimum Gasteiger partial charge on any atom is -0.493 e. The van der Waals surface area contributed by atoms with Crippen molar-refractivity contribution in [3.8, 4) is 5.75 Å². The molecule has 0 saturated carbocycles. The third kappa shape index (κ3) is 3.70. The molecule has 0 radical (unpaired) electrons. The van der Waals surface area contributed by atoms with Crippen molar-refractivity contribution in [3.63, 3.8) is 0 Å². The molecule has 0 heterocycles. The van der Waals surface area contributed by atoms with Crippen molar-refractivity contribution in [2.24, 2.45) is 0 Å². The number of ether oxygens (including phenoxy) is 1. The van der Waals surface area contributed by atoms with E-state index in [1.54, 1.807) is 0 Å². The highest BCUT2D eigenvalue weighted by Crippen LogP contribution is 2.24. The average Bonchev–Trinajstić information content (AvgIpc) is 2.45. The summed E-state index contributed by atoms with van der Waals surface area (Å²) in [6.45, 7) is 4.59.